The predicted molar refractivity (Wildman–Crippen MR) is 91.9 cm³/mol. The van der Waals surface area contributed by atoms with Crippen molar-refractivity contribution in [2.24, 2.45) is 0 Å². The van der Waals surface area contributed by atoms with Crippen LogP contribution < -0.4 is 5.32 Å². The summed E-state index contributed by atoms with van der Waals surface area (Å²) in [6, 6.07) is 15.8. The summed E-state index contributed by atoms with van der Waals surface area (Å²) >= 11 is 0. The molecule has 26 heavy (non-hydrogen) atoms. The molecule has 4 nitrogen and oxygen atoms in total. The van der Waals surface area contributed by atoms with Crippen LogP contribution in [0.5, 0.6) is 0 Å². The topological polar surface area (TPSA) is 46.9 Å². The van der Waals surface area contributed by atoms with E-state index in [1.807, 2.05) is 30.3 Å². The fourth-order valence-electron chi connectivity index (χ4n) is 2.63. The minimum Gasteiger partial charge on any atom is -0.307 e. The molecule has 1 aromatic heterocycles. The molecular weight excluding hydrogens is 343 g/mol. The number of rotatable bonds is 4. The largest absolute Gasteiger partial charge is 0.417 e. The molecule has 3 aromatic rings. The van der Waals surface area contributed by atoms with Crippen LogP contribution >= 0.6 is 0 Å². The highest BCUT2D eigenvalue weighted by Crippen LogP contribution is 2.32. The van der Waals surface area contributed by atoms with Gasteiger partial charge in [-0.2, -0.15) is 18.3 Å². The van der Waals surface area contributed by atoms with E-state index in [1.54, 1.807) is 17.7 Å². The first-order chi connectivity index (χ1) is 12.3. The maximum atomic E-state index is 13.1. The van der Waals surface area contributed by atoms with Crippen LogP contribution in [-0.2, 0) is 12.7 Å². The lowest BCUT2D eigenvalue weighted by atomic mass is 10.1. The summed E-state index contributed by atoms with van der Waals surface area (Å²) in [6.07, 6.45) is -4.60. The summed E-state index contributed by atoms with van der Waals surface area (Å²) in [6.45, 7) is 2.14. The molecule has 7 heteroatoms. The molecule has 0 fully saturated rings. The third-order valence-corrected chi connectivity index (χ3v) is 3.80. The van der Waals surface area contributed by atoms with E-state index in [9.17, 15) is 18.0 Å². The van der Waals surface area contributed by atoms with Gasteiger partial charge in [-0.15, -0.1) is 0 Å². The Balaban J connectivity index is 1.87. The Kier molecular flexibility index (Phi) is 4.79. The summed E-state index contributed by atoms with van der Waals surface area (Å²) in [4.78, 5) is 12.4. The van der Waals surface area contributed by atoms with Gasteiger partial charge >= 0.3 is 6.18 Å². The molecule has 0 aliphatic carbocycles. The lowest BCUT2D eigenvalue weighted by Gasteiger charge is -2.13. The Hall–Kier alpha value is -3.09. The van der Waals surface area contributed by atoms with E-state index in [-0.39, 0.29) is 0 Å². The second-order valence-corrected chi connectivity index (χ2v) is 5.81. The van der Waals surface area contributed by atoms with E-state index in [4.69, 9.17) is 0 Å². The molecule has 134 valence electrons. The maximum absolute atomic E-state index is 13.1. The molecule has 2 aromatic carbocycles. The zero-order valence-electron chi connectivity index (χ0n) is 13.9. The molecular formula is C19H16F3N3O. The first-order valence-corrected chi connectivity index (χ1v) is 7.90. The molecule has 0 saturated heterocycles. The van der Waals surface area contributed by atoms with Gasteiger partial charge in [0.15, 0.2) is 0 Å². The van der Waals surface area contributed by atoms with Crippen LogP contribution in [0.4, 0.5) is 19.0 Å². The maximum Gasteiger partial charge on any atom is 0.417 e. The molecule has 0 bridgehead atoms. The summed E-state index contributed by atoms with van der Waals surface area (Å²) in [5, 5.41) is 6.85. The fourth-order valence-corrected chi connectivity index (χ4v) is 2.63. The van der Waals surface area contributed by atoms with Gasteiger partial charge in [0.2, 0.25) is 0 Å². The van der Waals surface area contributed by atoms with E-state index < -0.39 is 23.2 Å². The number of carbonyl (C=O) groups is 1. The quantitative estimate of drug-likeness (QED) is 0.745. The van der Waals surface area contributed by atoms with Gasteiger partial charge < -0.3 is 5.32 Å². The molecule has 0 unspecified atom stereocenters. The summed E-state index contributed by atoms with van der Waals surface area (Å²) in [7, 11) is 0. The lowest BCUT2D eigenvalue weighted by Crippen LogP contribution is -2.20. The van der Waals surface area contributed by atoms with Crippen molar-refractivity contribution in [3.8, 4) is 0 Å². The second-order valence-electron chi connectivity index (χ2n) is 5.81. The highest BCUT2D eigenvalue weighted by atomic mass is 19.4. The summed E-state index contributed by atoms with van der Waals surface area (Å²) in [5.74, 6) is -0.486. The first-order valence-electron chi connectivity index (χ1n) is 7.90. The number of alkyl halides is 3. The number of nitrogens with one attached hydrogen (secondary N) is 1. The van der Waals surface area contributed by atoms with Crippen LogP contribution in [0.3, 0.4) is 0 Å². The molecule has 1 amide bonds. The molecule has 0 radical (unpaired) electrons. The van der Waals surface area contributed by atoms with Gasteiger partial charge in [-0.25, -0.2) is 4.68 Å². The number of hydrogen-bond acceptors (Lipinski definition) is 2. The summed E-state index contributed by atoms with van der Waals surface area (Å²) in [5.41, 5.74) is 0.218. The Labute approximate surface area is 148 Å². The standard InChI is InChI=1S/C19H16F3N3O/c1-13-11-17(25(24-13)12-14-7-3-2-4-8-14)23-18(26)15-9-5-6-10-16(15)19(20,21)22/h2-11H,12H2,1H3,(H,23,26). The van der Waals surface area contributed by atoms with Crippen molar-refractivity contribution < 1.29 is 18.0 Å². The molecule has 0 aliphatic heterocycles. The van der Waals surface area contributed by atoms with Crippen molar-refractivity contribution in [3.63, 3.8) is 0 Å². The number of halogens is 3. The van der Waals surface area contributed by atoms with E-state index in [0.717, 1.165) is 17.7 Å². The van der Waals surface area contributed by atoms with E-state index in [2.05, 4.69) is 10.4 Å². The van der Waals surface area contributed by atoms with Crippen LogP contribution in [-0.4, -0.2) is 15.7 Å². The van der Waals surface area contributed by atoms with Crippen LogP contribution in [0.1, 0.15) is 27.2 Å². The van der Waals surface area contributed by atoms with Gasteiger partial charge in [-0.1, -0.05) is 42.5 Å². The van der Waals surface area contributed by atoms with Gasteiger partial charge in [0.1, 0.15) is 5.82 Å². The molecule has 0 saturated carbocycles. The SMILES string of the molecule is Cc1cc(NC(=O)c2ccccc2C(F)(F)F)n(Cc2ccccc2)n1. The molecule has 0 aliphatic rings. The highest BCUT2D eigenvalue weighted by Gasteiger charge is 2.35. The summed E-state index contributed by atoms with van der Waals surface area (Å²) < 4.78 is 40.9. The third kappa shape index (κ3) is 3.93. The van der Waals surface area contributed by atoms with Crippen LogP contribution in [0, 0.1) is 6.92 Å². The number of carbonyl (C=O) groups excluding carboxylic acids is 1. The minimum atomic E-state index is -4.60. The lowest BCUT2D eigenvalue weighted by molar-refractivity contribution is -0.137. The van der Waals surface area contributed by atoms with Crippen molar-refractivity contribution in [2.45, 2.75) is 19.6 Å². The first kappa shape index (κ1) is 17.7. The Morgan fingerprint density at radius 3 is 2.42 bits per heavy atom. The molecule has 1 heterocycles. The van der Waals surface area contributed by atoms with E-state index in [0.29, 0.717) is 18.1 Å². The van der Waals surface area contributed by atoms with Crippen molar-refractivity contribution in [1.82, 2.24) is 9.78 Å². The van der Waals surface area contributed by atoms with E-state index in [1.165, 1.54) is 12.1 Å². The van der Waals surface area contributed by atoms with Gasteiger partial charge in [-0.3, -0.25) is 4.79 Å². The number of aromatic nitrogens is 2. The number of anilines is 1. The van der Waals surface area contributed by atoms with Gasteiger partial charge in [0.05, 0.1) is 23.4 Å². The average molecular weight is 359 g/mol. The number of benzene rings is 2. The number of aryl methyl sites for hydroxylation is 1. The number of hydrogen-bond donors (Lipinski definition) is 1. The van der Waals surface area contributed by atoms with Crippen LogP contribution in [0.15, 0.2) is 60.7 Å². The molecule has 0 atom stereocenters. The highest BCUT2D eigenvalue weighted by molar-refractivity contribution is 6.05. The Morgan fingerprint density at radius 1 is 1.08 bits per heavy atom. The smallest absolute Gasteiger partial charge is 0.307 e. The fraction of sp³-hybridized carbons (Fsp3) is 0.158. The van der Waals surface area contributed by atoms with Gasteiger partial charge in [0.25, 0.3) is 5.91 Å². The van der Waals surface area contributed by atoms with Gasteiger partial charge in [0, 0.05) is 6.07 Å². The monoisotopic (exact) mass is 359 g/mol. The van der Waals surface area contributed by atoms with Gasteiger partial charge in [-0.05, 0) is 24.6 Å². The zero-order chi connectivity index (χ0) is 18.7. The van der Waals surface area contributed by atoms with Crippen molar-refractivity contribution in [1.29, 1.82) is 0 Å². The van der Waals surface area contributed by atoms with Crippen molar-refractivity contribution in [3.05, 3.63) is 83.0 Å². The molecule has 0 spiro atoms. The van der Waals surface area contributed by atoms with Crippen molar-refractivity contribution >= 4 is 11.7 Å². The minimum absolute atomic E-state index is 0.341. The molecule has 3 rings (SSSR count). The van der Waals surface area contributed by atoms with Crippen molar-refractivity contribution in [2.75, 3.05) is 5.32 Å². The predicted octanol–water partition coefficient (Wildman–Crippen LogP) is 4.51. The van der Waals surface area contributed by atoms with Crippen LogP contribution in [0.2, 0.25) is 0 Å². The zero-order valence-corrected chi connectivity index (χ0v) is 13.9. The van der Waals surface area contributed by atoms with Crippen LogP contribution in [0.25, 0.3) is 0 Å². The average Bonchev–Trinajstić information content (AvgIpc) is 2.94. The van der Waals surface area contributed by atoms with E-state index >= 15 is 0 Å². The second kappa shape index (κ2) is 7.03. The number of nitrogens with zero attached hydrogens (tertiary/aromatic N) is 2. The Bertz CT molecular complexity index is 917. The third-order valence-electron chi connectivity index (χ3n) is 3.80. The number of amides is 1. The molecule has 1 N–H and O–H groups in total. The Morgan fingerprint density at radius 2 is 1.73 bits per heavy atom. The normalized spacial score (nSPS) is 11.4.